The third kappa shape index (κ3) is 4.63. The van der Waals surface area contributed by atoms with E-state index in [-0.39, 0.29) is 17.2 Å². The fraction of sp³-hybridized carbons (Fsp3) is 0.120. The molecule has 0 aliphatic heterocycles. The third-order valence-corrected chi connectivity index (χ3v) is 5.53. The van der Waals surface area contributed by atoms with Gasteiger partial charge in [0.05, 0.1) is 18.5 Å². The maximum atomic E-state index is 13.7. The van der Waals surface area contributed by atoms with Crippen LogP contribution in [0.25, 0.3) is 39.1 Å². The van der Waals surface area contributed by atoms with Crippen LogP contribution in [0, 0.1) is 0 Å². The first kappa shape index (κ1) is 23.1. The van der Waals surface area contributed by atoms with Gasteiger partial charge < -0.3 is 10.1 Å². The van der Waals surface area contributed by atoms with Crippen molar-refractivity contribution in [3.05, 3.63) is 83.4 Å². The van der Waals surface area contributed by atoms with Crippen molar-refractivity contribution in [2.45, 2.75) is 6.18 Å². The van der Waals surface area contributed by atoms with Gasteiger partial charge in [-0.2, -0.15) is 23.3 Å². The van der Waals surface area contributed by atoms with E-state index in [1.54, 1.807) is 55.8 Å². The average Bonchev–Trinajstić information content (AvgIpc) is 3.42. The van der Waals surface area contributed by atoms with E-state index in [1.807, 2.05) is 18.2 Å². The molecule has 0 aliphatic carbocycles. The minimum atomic E-state index is -4.45. The summed E-state index contributed by atoms with van der Waals surface area (Å²) in [7, 11) is 1.55. The lowest BCUT2D eigenvalue weighted by Crippen LogP contribution is -2.24. The van der Waals surface area contributed by atoms with Crippen molar-refractivity contribution >= 4 is 17.0 Å². The van der Waals surface area contributed by atoms with Crippen LogP contribution in [0.2, 0.25) is 0 Å². The molecule has 0 fully saturated rings. The molecule has 0 saturated heterocycles. The fourth-order valence-corrected chi connectivity index (χ4v) is 3.79. The second-order valence-electron chi connectivity index (χ2n) is 7.89. The second kappa shape index (κ2) is 9.17. The second-order valence-corrected chi connectivity index (χ2v) is 7.89. The van der Waals surface area contributed by atoms with Gasteiger partial charge >= 0.3 is 6.18 Å². The van der Waals surface area contributed by atoms with E-state index < -0.39 is 12.7 Å². The quantitative estimate of drug-likeness (QED) is 0.353. The van der Waals surface area contributed by atoms with Crippen molar-refractivity contribution in [3.63, 3.8) is 0 Å². The fourth-order valence-electron chi connectivity index (χ4n) is 3.79. The molecular formula is C25H19F3N6O2. The molecule has 0 amide bonds. The van der Waals surface area contributed by atoms with Crippen molar-refractivity contribution in [1.82, 2.24) is 24.7 Å². The molecule has 5 aromatic rings. The lowest BCUT2D eigenvalue weighted by atomic mass is 10.1. The van der Waals surface area contributed by atoms with Crippen LogP contribution in [-0.2, 0) is 0 Å². The largest absolute Gasteiger partial charge is 0.497 e. The Bertz CT molecular complexity index is 1560. The zero-order chi connectivity index (χ0) is 25.3. The number of hydrogen-bond acceptors (Lipinski definition) is 6. The van der Waals surface area contributed by atoms with Gasteiger partial charge in [-0.1, -0.05) is 24.3 Å². The number of methoxy groups -OCH3 is 1. The van der Waals surface area contributed by atoms with Gasteiger partial charge in [0, 0.05) is 23.3 Å². The van der Waals surface area contributed by atoms with E-state index in [9.17, 15) is 18.0 Å². The Morgan fingerprint density at radius 3 is 2.39 bits per heavy atom. The van der Waals surface area contributed by atoms with Crippen LogP contribution < -0.4 is 15.6 Å². The van der Waals surface area contributed by atoms with Gasteiger partial charge in [-0.25, -0.2) is 4.98 Å². The molecule has 0 bridgehead atoms. The molecule has 3 heterocycles. The smallest absolute Gasteiger partial charge is 0.405 e. The van der Waals surface area contributed by atoms with Gasteiger partial charge in [0.25, 0.3) is 5.56 Å². The molecule has 36 heavy (non-hydrogen) atoms. The van der Waals surface area contributed by atoms with E-state index >= 15 is 0 Å². The summed E-state index contributed by atoms with van der Waals surface area (Å²) in [5.74, 6) is 0.400. The molecule has 11 heteroatoms. The number of nitrogens with zero attached hydrogens (tertiary/aromatic N) is 4. The van der Waals surface area contributed by atoms with Gasteiger partial charge in [0.1, 0.15) is 12.3 Å². The number of rotatable bonds is 6. The van der Waals surface area contributed by atoms with Crippen LogP contribution in [0.1, 0.15) is 0 Å². The number of halogens is 3. The monoisotopic (exact) mass is 492 g/mol. The highest BCUT2D eigenvalue weighted by molar-refractivity contribution is 5.83. The Labute approximate surface area is 202 Å². The van der Waals surface area contributed by atoms with E-state index in [0.29, 0.717) is 28.0 Å². The minimum Gasteiger partial charge on any atom is -0.497 e. The number of fused-ring (bicyclic) bond motifs is 1. The van der Waals surface area contributed by atoms with Crippen LogP contribution >= 0.6 is 0 Å². The van der Waals surface area contributed by atoms with Gasteiger partial charge in [-0.3, -0.25) is 14.5 Å². The molecule has 8 nitrogen and oxygen atoms in total. The number of aromatic nitrogens is 5. The Hall–Kier alpha value is -4.67. The summed E-state index contributed by atoms with van der Waals surface area (Å²) in [6, 6.07) is 17.5. The summed E-state index contributed by atoms with van der Waals surface area (Å²) < 4.78 is 44.7. The number of aromatic amines is 1. The van der Waals surface area contributed by atoms with Crippen LogP contribution in [0.5, 0.6) is 5.75 Å². The van der Waals surface area contributed by atoms with Crippen molar-refractivity contribution < 1.29 is 17.9 Å². The van der Waals surface area contributed by atoms with E-state index in [4.69, 9.17) is 4.74 Å². The summed E-state index contributed by atoms with van der Waals surface area (Å²) in [5, 5.41) is 9.48. The predicted molar refractivity (Wildman–Crippen MR) is 129 cm³/mol. The number of anilines is 1. The lowest BCUT2D eigenvalue weighted by Gasteiger charge is -2.15. The number of nitrogens with one attached hydrogen (secondary N) is 2. The van der Waals surface area contributed by atoms with Gasteiger partial charge in [-0.05, 0) is 47.5 Å². The van der Waals surface area contributed by atoms with Crippen molar-refractivity contribution in [1.29, 1.82) is 0 Å². The summed E-state index contributed by atoms with van der Waals surface area (Å²) >= 11 is 0. The molecule has 0 spiro atoms. The third-order valence-electron chi connectivity index (χ3n) is 5.53. The van der Waals surface area contributed by atoms with E-state index in [0.717, 1.165) is 11.3 Å². The Morgan fingerprint density at radius 1 is 1.03 bits per heavy atom. The van der Waals surface area contributed by atoms with Crippen molar-refractivity contribution in [2.24, 2.45) is 0 Å². The van der Waals surface area contributed by atoms with E-state index in [1.165, 1.54) is 10.8 Å². The van der Waals surface area contributed by atoms with Crippen LogP contribution in [0.15, 0.2) is 77.9 Å². The maximum absolute atomic E-state index is 13.7. The summed E-state index contributed by atoms with van der Waals surface area (Å²) in [5.41, 5.74) is 2.94. The topological polar surface area (TPSA) is 97.7 Å². The Kier molecular flexibility index (Phi) is 5.88. The lowest BCUT2D eigenvalue weighted by molar-refractivity contribution is -0.115. The predicted octanol–water partition coefficient (Wildman–Crippen LogP) is 4.82. The number of alkyl halides is 3. The molecule has 0 atom stereocenters. The number of pyridine rings is 1. The highest BCUT2D eigenvalue weighted by Crippen LogP contribution is 2.26. The molecule has 182 valence electrons. The molecule has 2 aromatic carbocycles. The van der Waals surface area contributed by atoms with Crippen LogP contribution in [0.3, 0.4) is 0 Å². The van der Waals surface area contributed by atoms with Crippen molar-refractivity contribution in [2.75, 3.05) is 19.0 Å². The maximum Gasteiger partial charge on any atom is 0.405 e. The Balaban J connectivity index is 1.68. The van der Waals surface area contributed by atoms with Crippen LogP contribution in [0.4, 0.5) is 19.1 Å². The molecule has 3 aromatic heterocycles. The zero-order valence-electron chi connectivity index (χ0n) is 18.9. The highest BCUT2D eigenvalue weighted by Gasteiger charge is 2.27. The SMILES string of the molecule is COc1ccc(-c2cc3cnc(NCC(F)(F)F)nc3n(-c3ccc(-c4ccn[nH]4)cc3)c2=O)cc1. The molecule has 2 N–H and O–H groups in total. The number of ether oxygens (including phenoxy) is 1. The van der Waals surface area contributed by atoms with Crippen molar-refractivity contribution in [3.8, 4) is 33.8 Å². The normalized spacial score (nSPS) is 11.6. The first-order valence-corrected chi connectivity index (χ1v) is 10.8. The molecule has 5 rings (SSSR count). The summed E-state index contributed by atoms with van der Waals surface area (Å²) in [6.45, 7) is -1.30. The summed E-state index contributed by atoms with van der Waals surface area (Å²) in [4.78, 5) is 22.0. The standard InChI is InChI=1S/C25H19F3N6O2/c1-36-19-8-4-15(5-9-19)20-12-17-13-29-24(30-14-25(26,27)28)32-22(17)34(23(20)35)18-6-2-16(3-7-18)21-10-11-31-33-21/h2-13H,14H2,1H3,(H,31,33)(H,29,30,32). The number of benzene rings is 2. The molecule has 0 aliphatic rings. The first-order chi connectivity index (χ1) is 17.3. The zero-order valence-corrected chi connectivity index (χ0v) is 18.9. The first-order valence-electron chi connectivity index (χ1n) is 10.8. The number of H-pyrrole nitrogens is 1. The average molecular weight is 492 g/mol. The van der Waals surface area contributed by atoms with Gasteiger partial charge in [-0.15, -0.1) is 0 Å². The minimum absolute atomic E-state index is 0.172. The van der Waals surface area contributed by atoms with Gasteiger partial charge in [0.15, 0.2) is 5.65 Å². The Morgan fingerprint density at radius 2 is 1.75 bits per heavy atom. The van der Waals surface area contributed by atoms with Gasteiger partial charge in [0.2, 0.25) is 5.95 Å². The molecule has 0 unspecified atom stereocenters. The molecular weight excluding hydrogens is 473 g/mol. The number of hydrogen-bond donors (Lipinski definition) is 2. The van der Waals surface area contributed by atoms with E-state index in [2.05, 4.69) is 25.5 Å². The highest BCUT2D eigenvalue weighted by atomic mass is 19.4. The van der Waals surface area contributed by atoms with Crippen LogP contribution in [-0.4, -0.2) is 44.6 Å². The molecule has 0 radical (unpaired) electrons. The summed E-state index contributed by atoms with van der Waals surface area (Å²) in [6.07, 6.45) is -1.42. The molecule has 0 saturated carbocycles.